The van der Waals surface area contributed by atoms with Crippen molar-refractivity contribution in [3.05, 3.63) is 24.1 Å². The van der Waals surface area contributed by atoms with Crippen LogP contribution in [-0.2, 0) is 9.53 Å². The maximum Gasteiger partial charge on any atom is 0.242 e. The molecule has 1 unspecified atom stereocenters. The molecule has 1 atom stereocenters. The van der Waals surface area contributed by atoms with Crippen LogP contribution in [-0.4, -0.2) is 30.1 Å². The average Bonchev–Trinajstić information content (AvgIpc) is 2.41. The fourth-order valence-corrected chi connectivity index (χ4v) is 1.95. The molecule has 114 valence electrons. The minimum absolute atomic E-state index is 0. The van der Waals surface area contributed by atoms with E-state index in [9.17, 15) is 9.18 Å². The quantitative estimate of drug-likeness (QED) is 0.887. The average molecular weight is 326 g/mol. The van der Waals surface area contributed by atoms with Gasteiger partial charge in [0.15, 0.2) is 0 Å². The number of nitrogens with one attached hydrogen (secondary N) is 1. The number of hydrogen-bond acceptors (Lipinski definition) is 4. The topological polar surface area (TPSA) is 77.2 Å². The maximum atomic E-state index is 12.7. The third-order valence-corrected chi connectivity index (χ3v) is 3.06. The normalized spacial score (nSPS) is 16.5. The van der Waals surface area contributed by atoms with Gasteiger partial charge < -0.3 is 15.8 Å². The number of amides is 1. The molecule has 8 heteroatoms. The number of pyridine rings is 1. The van der Waals surface area contributed by atoms with Gasteiger partial charge >= 0.3 is 0 Å². The number of nitrogens with zero attached hydrogens (tertiary/aromatic N) is 1. The lowest BCUT2D eigenvalue weighted by Crippen LogP contribution is -2.44. The van der Waals surface area contributed by atoms with Crippen molar-refractivity contribution in [1.29, 1.82) is 0 Å². The molecule has 0 spiro atoms. The standard InChI is InChI=1S/C12H16FN3O2.2ClH/c13-9-1-2-10(15-7-9)16-12(17)11(14)8-3-5-18-6-4-8;;/h1-2,7-8,11H,3-6,14H2,(H,15,16,17);2*1H. The van der Waals surface area contributed by atoms with Gasteiger partial charge in [0.2, 0.25) is 5.91 Å². The summed E-state index contributed by atoms with van der Waals surface area (Å²) in [7, 11) is 0. The second kappa shape index (κ2) is 9.07. The summed E-state index contributed by atoms with van der Waals surface area (Å²) in [5.74, 6) is -0.300. The first-order valence-electron chi connectivity index (χ1n) is 5.92. The van der Waals surface area contributed by atoms with Crippen LogP contribution in [0.4, 0.5) is 10.2 Å². The SMILES string of the molecule is Cl.Cl.NC(C(=O)Nc1ccc(F)cn1)C1CCOCC1. The first-order chi connectivity index (χ1) is 8.66. The Morgan fingerprint density at radius 1 is 1.40 bits per heavy atom. The number of halogens is 3. The summed E-state index contributed by atoms with van der Waals surface area (Å²) in [5.41, 5.74) is 5.90. The molecular formula is C12H18Cl2FN3O2. The van der Waals surface area contributed by atoms with Gasteiger partial charge in [-0.2, -0.15) is 0 Å². The summed E-state index contributed by atoms with van der Waals surface area (Å²) in [6.45, 7) is 1.28. The molecule has 1 aromatic rings. The summed E-state index contributed by atoms with van der Waals surface area (Å²) in [6, 6.07) is 2.06. The van der Waals surface area contributed by atoms with Crippen LogP contribution in [0, 0.1) is 11.7 Å². The van der Waals surface area contributed by atoms with Gasteiger partial charge in [-0.3, -0.25) is 4.79 Å². The molecule has 2 heterocycles. The molecule has 1 aliphatic rings. The molecule has 3 N–H and O–H groups in total. The first kappa shape index (κ1) is 19.1. The molecule has 0 radical (unpaired) electrons. The largest absolute Gasteiger partial charge is 0.381 e. The second-order valence-corrected chi connectivity index (χ2v) is 4.33. The zero-order valence-corrected chi connectivity index (χ0v) is 12.4. The molecule has 5 nitrogen and oxygen atoms in total. The van der Waals surface area contributed by atoms with Crippen LogP contribution in [0.15, 0.2) is 18.3 Å². The smallest absolute Gasteiger partial charge is 0.242 e. The van der Waals surface area contributed by atoms with Gasteiger partial charge in [0.1, 0.15) is 11.6 Å². The van der Waals surface area contributed by atoms with E-state index in [1.165, 1.54) is 12.1 Å². The summed E-state index contributed by atoms with van der Waals surface area (Å²) < 4.78 is 17.9. The second-order valence-electron chi connectivity index (χ2n) is 4.33. The molecule has 0 aromatic carbocycles. The lowest BCUT2D eigenvalue weighted by molar-refractivity contribution is -0.119. The molecule has 20 heavy (non-hydrogen) atoms. The van der Waals surface area contributed by atoms with Crippen LogP contribution < -0.4 is 11.1 Å². The van der Waals surface area contributed by atoms with E-state index in [-0.39, 0.29) is 36.6 Å². The third-order valence-electron chi connectivity index (χ3n) is 3.06. The van der Waals surface area contributed by atoms with Crippen LogP contribution in [0.25, 0.3) is 0 Å². The van der Waals surface area contributed by atoms with E-state index in [1.54, 1.807) is 0 Å². The fraction of sp³-hybridized carbons (Fsp3) is 0.500. The number of ether oxygens (including phenoxy) is 1. The zero-order valence-electron chi connectivity index (χ0n) is 10.8. The Balaban J connectivity index is 0.00000180. The Hall–Kier alpha value is -0.950. The Bertz CT molecular complexity index is 414. The zero-order chi connectivity index (χ0) is 13.0. The van der Waals surface area contributed by atoms with Crippen LogP contribution in [0.3, 0.4) is 0 Å². The van der Waals surface area contributed by atoms with E-state index < -0.39 is 11.9 Å². The highest BCUT2D eigenvalue weighted by molar-refractivity contribution is 5.94. The Morgan fingerprint density at radius 3 is 2.60 bits per heavy atom. The van der Waals surface area contributed by atoms with Gasteiger partial charge in [0.25, 0.3) is 0 Å². The van der Waals surface area contributed by atoms with Crippen molar-refractivity contribution < 1.29 is 13.9 Å². The number of anilines is 1. The van der Waals surface area contributed by atoms with E-state index in [4.69, 9.17) is 10.5 Å². The van der Waals surface area contributed by atoms with Gasteiger partial charge in [0, 0.05) is 13.2 Å². The van der Waals surface area contributed by atoms with Crippen molar-refractivity contribution in [2.24, 2.45) is 11.7 Å². The Kier molecular flexibility index (Phi) is 8.64. The highest BCUT2D eigenvalue weighted by atomic mass is 35.5. The first-order valence-corrected chi connectivity index (χ1v) is 5.92. The van der Waals surface area contributed by atoms with Crippen LogP contribution in [0.2, 0.25) is 0 Å². The molecular weight excluding hydrogens is 308 g/mol. The van der Waals surface area contributed by atoms with Crippen molar-refractivity contribution in [3.63, 3.8) is 0 Å². The maximum absolute atomic E-state index is 12.7. The van der Waals surface area contributed by atoms with Gasteiger partial charge in [-0.15, -0.1) is 24.8 Å². The van der Waals surface area contributed by atoms with E-state index in [2.05, 4.69) is 10.3 Å². The van der Waals surface area contributed by atoms with Crippen molar-refractivity contribution in [2.45, 2.75) is 18.9 Å². The highest BCUT2D eigenvalue weighted by Gasteiger charge is 2.26. The van der Waals surface area contributed by atoms with E-state index in [0.29, 0.717) is 19.0 Å². The molecule has 1 fully saturated rings. The molecule has 0 aliphatic carbocycles. The van der Waals surface area contributed by atoms with Crippen molar-refractivity contribution in [2.75, 3.05) is 18.5 Å². The molecule has 1 saturated heterocycles. The number of carbonyl (C=O) groups is 1. The number of nitrogens with two attached hydrogens (primary N) is 1. The van der Waals surface area contributed by atoms with Crippen molar-refractivity contribution in [1.82, 2.24) is 4.98 Å². The monoisotopic (exact) mass is 325 g/mol. The molecule has 2 rings (SSSR count). The lowest BCUT2D eigenvalue weighted by Gasteiger charge is -2.26. The molecule has 1 aromatic heterocycles. The number of carbonyl (C=O) groups excluding carboxylic acids is 1. The number of aromatic nitrogens is 1. The number of hydrogen-bond donors (Lipinski definition) is 2. The van der Waals surface area contributed by atoms with E-state index >= 15 is 0 Å². The van der Waals surface area contributed by atoms with Crippen LogP contribution in [0.1, 0.15) is 12.8 Å². The number of rotatable bonds is 3. The minimum atomic E-state index is -0.583. The van der Waals surface area contributed by atoms with Crippen LogP contribution in [0.5, 0.6) is 0 Å². The van der Waals surface area contributed by atoms with Gasteiger partial charge in [-0.25, -0.2) is 9.37 Å². The third kappa shape index (κ3) is 5.20. The van der Waals surface area contributed by atoms with Gasteiger partial charge in [0.05, 0.1) is 12.2 Å². The van der Waals surface area contributed by atoms with E-state index in [0.717, 1.165) is 19.0 Å². The van der Waals surface area contributed by atoms with Crippen LogP contribution >= 0.6 is 24.8 Å². The van der Waals surface area contributed by atoms with Gasteiger partial charge in [-0.05, 0) is 30.9 Å². The molecule has 0 saturated carbocycles. The van der Waals surface area contributed by atoms with E-state index in [1.807, 2.05) is 0 Å². The summed E-state index contributed by atoms with van der Waals surface area (Å²) in [4.78, 5) is 15.6. The molecule has 0 bridgehead atoms. The fourth-order valence-electron chi connectivity index (χ4n) is 1.95. The summed E-state index contributed by atoms with van der Waals surface area (Å²) in [5, 5.41) is 2.58. The van der Waals surface area contributed by atoms with Crippen molar-refractivity contribution >= 4 is 36.5 Å². The Morgan fingerprint density at radius 2 is 2.05 bits per heavy atom. The molecule has 1 amide bonds. The lowest BCUT2D eigenvalue weighted by atomic mass is 9.92. The highest BCUT2D eigenvalue weighted by Crippen LogP contribution is 2.18. The predicted molar refractivity (Wildman–Crippen MR) is 78.8 cm³/mol. The minimum Gasteiger partial charge on any atom is -0.381 e. The molecule has 1 aliphatic heterocycles. The van der Waals surface area contributed by atoms with Gasteiger partial charge in [-0.1, -0.05) is 0 Å². The van der Waals surface area contributed by atoms with Crippen molar-refractivity contribution in [3.8, 4) is 0 Å². The summed E-state index contributed by atoms with van der Waals surface area (Å²) in [6.07, 6.45) is 2.62. The predicted octanol–water partition coefficient (Wildman–Crippen LogP) is 1.76. The summed E-state index contributed by atoms with van der Waals surface area (Å²) >= 11 is 0. The Labute approximate surface area is 129 Å².